The van der Waals surface area contributed by atoms with Gasteiger partial charge in [-0.15, -0.1) is 6.58 Å². The third-order valence-corrected chi connectivity index (χ3v) is 4.32. The van der Waals surface area contributed by atoms with Crippen LogP contribution in [0.15, 0.2) is 12.7 Å². The number of sulfone groups is 1. The molecule has 16 heavy (non-hydrogen) atoms. The molecule has 6 heteroatoms. The molecule has 1 unspecified atom stereocenters. The van der Waals surface area contributed by atoms with Crippen LogP contribution in [0.25, 0.3) is 0 Å². The van der Waals surface area contributed by atoms with Gasteiger partial charge in [0.2, 0.25) is 5.91 Å². The van der Waals surface area contributed by atoms with Gasteiger partial charge in [0.1, 0.15) is 0 Å². The highest BCUT2D eigenvalue weighted by Gasteiger charge is 2.25. The first-order valence-corrected chi connectivity index (χ1v) is 7.14. The van der Waals surface area contributed by atoms with E-state index >= 15 is 0 Å². The summed E-state index contributed by atoms with van der Waals surface area (Å²) in [6.07, 6.45) is 2.51. The molecule has 2 N–H and O–H groups in total. The lowest BCUT2D eigenvalue weighted by Gasteiger charge is -2.22. The Labute approximate surface area is 96.2 Å². The van der Waals surface area contributed by atoms with Gasteiger partial charge >= 0.3 is 0 Å². The van der Waals surface area contributed by atoms with E-state index in [1.807, 2.05) is 0 Å². The average molecular weight is 246 g/mol. The normalized spacial score (nSPS) is 22.2. The summed E-state index contributed by atoms with van der Waals surface area (Å²) in [7, 11) is -2.98. The molecule has 0 aromatic heterocycles. The fourth-order valence-electron chi connectivity index (χ4n) is 1.67. The molecular formula is C10H18N2O3S. The van der Waals surface area contributed by atoms with Crippen LogP contribution in [0, 0.1) is 0 Å². The quantitative estimate of drug-likeness (QED) is 0.683. The minimum atomic E-state index is -2.98. The molecule has 1 aliphatic heterocycles. The Morgan fingerprint density at radius 3 is 2.75 bits per heavy atom. The van der Waals surface area contributed by atoms with Gasteiger partial charge in [0.25, 0.3) is 0 Å². The van der Waals surface area contributed by atoms with Crippen molar-refractivity contribution < 1.29 is 13.2 Å². The van der Waals surface area contributed by atoms with Gasteiger partial charge in [-0.2, -0.15) is 0 Å². The second kappa shape index (κ2) is 5.45. The van der Waals surface area contributed by atoms with Crippen LogP contribution in [0.4, 0.5) is 0 Å². The zero-order valence-electron chi connectivity index (χ0n) is 9.26. The number of nitrogens with two attached hydrogens (primary N) is 1. The molecule has 1 atom stereocenters. The van der Waals surface area contributed by atoms with E-state index in [0.717, 1.165) is 0 Å². The van der Waals surface area contributed by atoms with E-state index in [1.165, 1.54) is 0 Å². The van der Waals surface area contributed by atoms with Gasteiger partial charge in [-0.05, 0) is 12.8 Å². The summed E-state index contributed by atoms with van der Waals surface area (Å²) >= 11 is 0. The average Bonchev–Trinajstić information content (AvgIpc) is 2.39. The molecule has 0 aliphatic carbocycles. The van der Waals surface area contributed by atoms with Crippen LogP contribution in [-0.2, 0) is 14.6 Å². The summed E-state index contributed by atoms with van der Waals surface area (Å²) in [6, 6.07) is -0.599. The van der Waals surface area contributed by atoms with E-state index in [1.54, 1.807) is 11.0 Å². The third kappa shape index (κ3) is 3.61. The summed E-state index contributed by atoms with van der Waals surface area (Å²) in [5, 5.41) is 0. The molecule has 1 amide bonds. The number of nitrogens with zero attached hydrogens (tertiary/aromatic N) is 1. The first-order chi connectivity index (χ1) is 7.46. The molecule has 92 valence electrons. The standard InChI is InChI=1S/C10H18N2O3S/c1-2-4-9(11)10(13)12-5-3-7-16(14,15)8-6-12/h2,9H,1,3-8,11H2. The minimum Gasteiger partial charge on any atom is -0.340 e. The topological polar surface area (TPSA) is 80.5 Å². The second-order valence-electron chi connectivity index (χ2n) is 3.96. The monoisotopic (exact) mass is 246 g/mol. The molecule has 0 aromatic rings. The molecule has 1 saturated heterocycles. The van der Waals surface area contributed by atoms with Crippen LogP contribution in [0.3, 0.4) is 0 Å². The molecular weight excluding hydrogens is 228 g/mol. The van der Waals surface area contributed by atoms with Crippen molar-refractivity contribution in [1.29, 1.82) is 0 Å². The van der Waals surface area contributed by atoms with E-state index in [-0.39, 0.29) is 24.0 Å². The molecule has 0 spiro atoms. The van der Waals surface area contributed by atoms with Crippen molar-refractivity contribution >= 4 is 15.7 Å². The Morgan fingerprint density at radius 2 is 2.12 bits per heavy atom. The number of hydrogen-bond donors (Lipinski definition) is 1. The molecule has 1 rings (SSSR count). The maximum absolute atomic E-state index is 11.8. The largest absolute Gasteiger partial charge is 0.340 e. The Hall–Kier alpha value is -0.880. The van der Waals surface area contributed by atoms with E-state index in [0.29, 0.717) is 19.4 Å². The molecule has 5 nitrogen and oxygen atoms in total. The molecule has 1 fully saturated rings. The first-order valence-electron chi connectivity index (χ1n) is 5.32. The van der Waals surface area contributed by atoms with Crippen LogP contribution in [0.2, 0.25) is 0 Å². The third-order valence-electron chi connectivity index (χ3n) is 2.61. The second-order valence-corrected chi connectivity index (χ2v) is 6.27. The van der Waals surface area contributed by atoms with Crippen LogP contribution in [0.1, 0.15) is 12.8 Å². The highest BCUT2D eigenvalue weighted by atomic mass is 32.2. The predicted molar refractivity (Wildman–Crippen MR) is 62.6 cm³/mol. The van der Waals surface area contributed by atoms with Crippen molar-refractivity contribution in [3.05, 3.63) is 12.7 Å². The summed E-state index contributed by atoms with van der Waals surface area (Å²) in [5.41, 5.74) is 5.67. The lowest BCUT2D eigenvalue weighted by Crippen LogP contribution is -2.44. The van der Waals surface area contributed by atoms with Crippen molar-refractivity contribution in [2.45, 2.75) is 18.9 Å². The summed E-state index contributed by atoms with van der Waals surface area (Å²) < 4.78 is 22.7. The highest BCUT2D eigenvalue weighted by Crippen LogP contribution is 2.07. The van der Waals surface area contributed by atoms with Crippen molar-refractivity contribution in [3.8, 4) is 0 Å². The van der Waals surface area contributed by atoms with Crippen LogP contribution >= 0.6 is 0 Å². The number of carbonyl (C=O) groups is 1. The van der Waals surface area contributed by atoms with E-state index < -0.39 is 15.9 Å². The van der Waals surface area contributed by atoms with Gasteiger partial charge < -0.3 is 10.6 Å². The molecule has 0 bridgehead atoms. The lowest BCUT2D eigenvalue weighted by atomic mass is 10.2. The number of hydrogen-bond acceptors (Lipinski definition) is 4. The molecule has 0 radical (unpaired) electrons. The maximum atomic E-state index is 11.8. The van der Waals surface area contributed by atoms with Crippen LogP contribution < -0.4 is 5.73 Å². The molecule has 1 heterocycles. The van der Waals surface area contributed by atoms with Gasteiger partial charge in [-0.1, -0.05) is 6.08 Å². The summed E-state index contributed by atoms with van der Waals surface area (Å²) in [6.45, 7) is 4.25. The van der Waals surface area contributed by atoms with E-state index in [9.17, 15) is 13.2 Å². The lowest BCUT2D eigenvalue weighted by molar-refractivity contribution is -0.132. The van der Waals surface area contributed by atoms with Gasteiger partial charge in [0, 0.05) is 13.1 Å². The van der Waals surface area contributed by atoms with Crippen LogP contribution in [0.5, 0.6) is 0 Å². The maximum Gasteiger partial charge on any atom is 0.239 e. The van der Waals surface area contributed by atoms with Crippen molar-refractivity contribution in [3.63, 3.8) is 0 Å². The number of amides is 1. The first kappa shape index (κ1) is 13.2. The molecule has 1 aliphatic rings. The SMILES string of the molecule is C=CCC(N)C(=O)N1CCCS(=O)(=O)CC1. The van der Waals surface area contributed by atoms with Crippen molar-refractivity contribution in [1.82, 2.24) is 4.90 Å². The fourth-order valence-corrected chi connectivity index (χ4v) is 2.95. The van der Waals surface area contributed by atoms with Gasteiger partial charge in [0.05, 0.1) is 17.5 Å². The smallest absolute Gasteiger partial charge is 0.239 e. The minimum absolute atomic E-state index is 0.0412. The summed E-state index contributed by atoms with van der Waals surface area (Å²) in [5.74, 6) is 0.0181. The van der Waals surface area contributed by atoms with Crippen molar-refractivity contribution in [2.24, 2.45) is 5.73 Å². The highest BCUT2D eigenvalue weighted by molar-refractivity contribution is 7.91. The Morgan fingerprint density at radius 1 is 1.44 bits per heavy atom. The Bertz CT molecular complexity index is 364. The Kier molecular flexibility index (Phi) is 4.49. The predicted octanol–water partition coefficient (Wildman–Crippen LogP) is -0.463. The number of carbonyl (C=O) groups excluding carboxylic acids is 1. The van der Waals surface area contributed by atoms with E-state index in [4.69, 9.17) is 5.73 Å². The van der Waals surface area contributed by atoms with Gasteiger partial charge in [-0.25, -0.2) is 8.42 Å². The van der Waals surface area contributed by atoms with Gasteiger partial charge in [0.15, 0.2) is 9.84 Å². The fraction of sp³-hybridized carbons (Fsp3) is 0.700. The Balaban J connectivity index is 2.61. The number of rotatable bonds is 3. The zero-order chi connectivity index (χ0) is 12.2. The van der Waals surface area contributed by atoms with Gasteiger partial charge in [-0.3, -0.25) is 4.79 Å². The zero-order valence-corrected chi connectivity index (χ0v) is 10.1. The van der Waals surface area contributed by atoms with Crippen LogP contribution in [-0.4, -0.2) is 49.9 Å². The van der Waals surface area contributed by atoms with Crippen molar-refractivity contribution in [2.75, 3.05) is 24.6 Å². The van der Waals surface area contributed by atoms with E-state index in [2.05, 4.69) is 6.58 Å². The summed E-state index contributed by atoms with van der Waals surface area (Å²) in [4.78, 5) is 13.4. The molecule has 0 saturated carbocycles. The molecule has 0 aromatic carbocycles.